The number of hydrogen-bond donors (Lipinski definition) is 1. The molecule has 1 heterocycles. The molecule has 1 unspecified atom stereocenters. The van der Waals surface area contributed by atoms with E-state index in [0.29, 0.717) is 0 Å². The van der Waals surface area contributed by atoms with Gasteiger partial charge in [-0.25, -0.2) is 0 Å². The van der Waals surface area contributed by atoms with Crippen LogP contribution in [0.25, 0.3) is 0 Å². The molecule has 0 aromatic heterocycles. The van der Waals surface area contributed by atoms with Crippen molar-refractivity contribution in [3.8, 4) is 0 Å². The Labute approximate surface area is 79.2 Å². The Hall–Kier alpha value is -0.980. The monoisotopic (exact) mass is 173 g/mol. The number of benzene rings is 1. The molecule has 2 aliphatic rings. The predicted molar refractivity (Wildman–Crippen MR) is 55.3 cm³/mol. The highest BCUT2D eigenvalue weighted by molar-refractivity contribution is 5.63. The van der Waals surface area contributed by atoms with Crippen molar-refractivity contribution in [3.05, 3.63) is 28.8 Å². The molecule has 1 atom stereocenters. The van der Waals surface area contributed by atoms with Gasteiger partial charge in [0.05, 0.1) is 0 Å². The summed E-state index contributed by atoms with van der Waals surface area (Å²) < 4.78 is 0. The highest BCUT2D eigenvalue weighted by atomic mass is 14.9. The first kappa shape index (κ1) is 7.43. The first-order valence-corrected chi connectivity index (χ1v) is 5.22. The molecule has 1 nitrogen and oxygen atoms in total. The van der Waals surface area contributed by atoms with E-state index in [1.54, 1.807) is 11.1 Å². The zero-order chi connectivity index (χ0) is 8.84. The van der Waals surface area contributed by atoms with Crippen molar-refractivity contribution in [3.63, 3.8) is 0 Å². The molecule has 1 heteroatoms. The lowest BCUT2D eigenvalue weighted by molar-refractivity contribution is 0.590. The lowest BCUT2D eigenvalue weighted by Crippen LogP contribution is -2.09. The van der Waals surface area contributed by atoms with E-state index in [4.69, 9.17) is 0 Å². The van der Waals surface area contributed by atoms with Crippen LogP contribution < -0.4 is 5.32 Å². The average Bonchev–Trinajstić information content (AvgIpc) is 2.57. The lowest BCUT2D eigenvalue weighted by atomic mass is 9.82. The van der Waals surface area contributed by atoms with Gasteiger partial charge in [-0.05, 0) is 48.9 Å². The summed E-state index contributed by atoms with van der Waals surface area (Å²) in [5.41, 5.74) is 6.18. The maximum absolute atomic E-state index is 3.51. The van der Waals surface area contributed by atoms with Crippen LogP contribution in [0.15, 0.2) is 12.1 Å². The van der Waals surface area contributed by atoms with E-state index in [1.165, 1.54) is 37.1 Å². The van der Waals surface area contributed by atoms with Crippen LogP contribution >= 0.6 is 0 Å². The summed E-state index contributed by atoms with van der Waals surface area (Å²) in [6.07, 6.45) is 4.06. The summed E-state index contributed by atoms with van der Waals surface area (Å²) in [5.74, 6) is 0.818. The quantitative estimate of drug-likeness (QED) is 0.636. The molecule has 1 aliphatic heterocycles. The Balaban J connectivity index is 2.26. The molecule has 0 saturated carbocycles. The van der Waals surface area contributed by atoms with Gasteiger partial charge >= 0.3 is 0 Å². The second-order valence-electron chi connectivity index (χ2n) is 4.29. The van der Waals surface area contributed by atoms with E-state index < -0.39 is 0 Å². The maximum atomic E-state index is 3.51. The Bertz CT molecular complexity index is 354. The molecule has 1 aromatic rings. The van der Waals surface area contributed by atoms with Crippen LogP contribution in [0.3, 0.4) is 0 Å². The molecule has 0 spiro atoms. The fraction of sp³-hybridized carbons (Fsp3) is 0.500. The largest absolute Gasteiger partial charge is 0.384 e. The molecular weight excluding hydrogens is 158 g/mol. The third-order valence-corrected chi connectivity index (χ3v) is 3.52. The Morgan fingerprint density at radius 2 is 2.31 bits per heavy atom. The van der Waals surface area contributed by atoms with Gasteiger partial charge in [0.25, 0.3) is 0 Å². The van der Waals surface area contributed by atoms with Crippen LogP contribution in [0.1, 0.15) is 35.4 Å². The second-order valence-corrected chi connectivity index (χ2v) is 4.29. The van der Waals surface area contributed by atoms with Crippen LogP contribution in [0.5, 0.6) is 0 Å². The van der Waals surface area contributed by atoms with Crippen molar-refractivity contribution in [2.24, 2.45) is 0 Å². The van der Waals surface area contributed by atoms with Crippen molar-refractivity contribution in [2.75, 3.05) is 11.9 Å². The van der Waals surface area contributed by atoms with E-state index in [-0.39, 0.29) is 0 Å². The summed E-state index contributed by atoms with van der Waals surface area (Å²) in [6, 6.07) is 4.51. The predicted octanol–water partition coefficient (Wildman–Crippen LogP) is 2.84. The molecule has 68 valence electrons. The molecule has 1 N–H and O–H groups in total. The van der Waals surface area contributed by atoms with Crippen molar-refractivity contribution < 1.29 is 0 Å². The third-order valence-electron chi connectivity index (χ3n) is 3.52. The van der Waals surface area contributed by atoms with Gasteiger partial charge in [-0.3, -0.25) is 0 Å². The summed E-state index contributed by atoms with van der Waals surface area (Å²) in [6.45, 7) is 3.42. The minimum absolute atomic E-state index is 0.818. The van der Waals surface area contributed by atoms with Gasteiger partial charge < -0.3 is 5.32 Å². The van der Waals surface area contributed by atoms with E-state index in [0.717, 1.165) is 5.92 Å². The number of rotatable bonds is 0. The molecule has 0 radical (unpaired) electrons. The Morgan fingerprint density at radius 1 is 1.38 bits per heavy atom. The second kappa shape index (κ2) is 2.50. The SMILES string of the molecule is Cc1ccc2c3c1CCCC3CN2. The van der Waals surface area contributed by atoms with Crippen LogP contribution in [0, 0.1) is 6.92 Å². The van der Waals surface area contributed by atoms with Gasteiger partial charge in [0.1, 0.15) is 0 Å². The van der Waals surface area contributed by atoms with Crippen molar-refractivity contribution >= 4 is 5.69 Å². The van der Waals surface area contributed by atoms with E-state index in [2.05, 4.69) is 24.4 Å². The summed E-state index contributed by atoms with van der Waals surface area (Å²) >= 11 is 0. The van der Waals surface area contributed by atoms with Crippen molar-refractivity contribution in [1.82, 2.24) is 0 Å². The van der Waals surface area contributed by atoms with Crippen LogP contribution in [0.2, 0.25) is 0 Å². The first-order chi connectivity index (χ1) is 6.36. The molecule has 3 rings (SSSR count). The molecule has 0 fully saturated rings. The van der Waals surface area contributed by atoms with E-state index >= 15 is 0 Å². The smallest absolute Gasteiger partial charge is 0.0379 e. The van der Waals surface area contributed by atoms with Crippen LogP contribution in [-0.2, 0) is 6.42 Å². The fourth-order valence-electron chi connectivity index (χ4n) is 2.83. The van der Waals surface area contributed by atoms with Gasteiger partial charge in [-0.2, -0.15) is 0 Å². The normalized spacial score (nSPS) is 23.9. The fourth-order valence-corrected chi connectivity index (χ4v) is 2.83. The lowest BCUT2D eigenvalue weighted by Gasteiger charge is -2.21. The Morgan fingerprint density at radius 3 is 3.23 bits per heavy atom. The number of hydrogen-bond acceptors (Lipinski definition) is 1. The highest BCUT2D eigenvalue weighted by Crippen LogP contribution is 2.42. The van der Waals surface area contributed by atoms with Gasteiger partial charge in [-0.1, -0.05) is 6.07 Å². The summed E-state index contributed by atoms with van der Waals surface area (Å²) in [4.78, 5) is 0. The first-order valence-electron chi connectivity index (χ1n) is 5.22. The van der Waals surface area contributed by atoms with Crippen LogP contribution in [0.4, 0.5) is 5.69 Å². The average molecular weight is 173 g/mol. The van der Waals surface area contributed by atoms with Gasteiger partial charge in [0.15, 0.2) is 0 Å². The molecule has 13 heavy (non-hydrogen) atoms. The zero-order valence-corrected chi connectivity index (χ0v) is 8.06. The molecule has 1 aromatic carbocycles. The van der Waals surface area contributed by atoms with Gasteiger partial charge in [0.2, 0.25) is 0 Å². The topological polar surface area (TPSA) is 12.0 Å². The van der Waals surface area contributed by atoms with E-state index in [9.17, 15) is 0 Å². The standard InChI is InChI=1S/C12H15N/c1-8-5-6-11-12-9(7-13-11)3-2-4-10(8)12/h5-6,9,13H,2-4,7H2,1H3. The molecule has 0 bridgehead atoms. The Kier molecular flexibility index (Phi) is 1.43. The van der Waals surface area contributed by atoms with Crippen LogP contribution in [-0.4, -0.2) is 6.54 Å². The van der Waals surface area contributed by atoms with Gasteiger partial charge in [-0.15, -0.1) is 0 Å². The maximum Gasteiger partial charge on any atom is 0.0379 e. The number of nitrogens with one attached hydrogen (secondary N) is 1. The summed E-state index contributed by atoms with van der Waals surface area (Å²) in [7, 11) is 0. The van der Waals surface area contributed by atoms with Crippen molar-refractivity contribution in [1.29, 1.82) is 0 Å². The minimum Gasteiger partial charge on any atom is -0.384 e. The zero-order valence-electron chi connectivity index (χ0n) is 8.06. The van der Waals surface area contributed by atoms with Crippen molar-refractivity contribution in [2.45, 2.75) is 32.1 Å². The van der Waals surface area contributed by atoms with E-state index in [1.807, 2.05) is 0 Å². The number of anilines is 1. The molecule has 0 amide bonds. The minimum atomic E-state index is 0.818. The van der Waals surface area contributed by atoms with Gasteiger partial charge in [0, 0.05) is 18.2 Å². The highest BCUT2D eigenvalue weighted by Gasteiger charge is 2.28. The molecule has 0 saturated heterocycles. The molecular formula is C12H15N. The number of aryl methyl sites for hydroxylation is 1. The summed E-state index contributed by atoms with van der Waals surface area (Å²) in [5, 5.41) is 3.51. The third kappa shape index (κ3) is 0.932. The molecule has 1 aliphatic carbocycles.